The van der Waals surface area contributed by atoms with E-state index in [1.54, 1.807) is 71.6 Å². The number of aliphatic hydroxyl groups excluding tert-OH is 1. The van der Waals surface area contributed by atoms with Crippen molar-refractivity contribution in [2.24, 2.45) is 5.73 Å². The molecule has 0 bridgehead atoms. The van der Waals surface area contributed by atoms with Gasteiger partial charge in [0.25, 0.3) is 5.69 Å². The zero-order valence-corrected chi connectivity index (χ0v) is 57.1. The number of rotatable bonds is 22. The van der Waals surface area contributed by atoms with Gasteiger partial charge in [0.2, 0.25) is 29.2 Å². The molecule has 4 N–H and O–H groups in total. The number of benzene rings is 5. The van der Waals surface area contributed by atoms with E-state index < -0.39 is 17.2 Å². The van der Waals surface area contributed by atoms with E-state index in [1.807, 2.05) is 48.5 Å². The van der Waals surface area contributed by atoms with Crippen molar-refractivity contribution < 1.29 is 100 Å². The van der Waals surface area contributed by atoms with Crippen molar-refractivity contribution in [2.75, 3.05) is 156 Å². The molecule has 5 aliphatic rings. The number of nitro benzene ring substituents is 1. The summed E-state index contributed by atoms with van der Waals surface area (Å²) in [5.41, 5.74) is 14.3. The number of carbonyl (C=O) groups excluding carboxylic acids is 5. The lowest BCUT2D eigenvalue weighted by atomic mass is 9.93. The quantitative estimate of drug-likeness (QED) is 0.0192. The summed E-state index contributed by atoms with van der Waals surface area (Å²) in [5.74, 6) is 5.40. The number of aliphatic hydroxyl groups is 1. The van der Waals surface area contributed by atoms with Crippen LogP contribution in [0, 0.1) is 10.1 Å². The third kappa shape index (κ3) is 20.8. The predicted octanol–water partition coefficient (Wildman–Crippen LogP) is 8.44. The summed E-state index contributed by atoms with van der Waals surface area (Å²) in [6, 6.07) is 20.4. The number of fused-ring (bicyclic) bond motifs is 6. The van der Waals surface area contributed by atoms with Crippen LogP contribution in [-0.4, -0.2) is 210 Å². The molecule has 28 nitrogen and oxygen atoms in total. The summed E-state index contributed by atoms with van der Waals surface area (Å²) in [7, 11) is 12.9. The summed E-state index contributed by atoms with van der Waals surface area (Å²) in [6.45, 7) is 7.59. The molecule has 534 valence electrons. The highest BCUT2D eigenvalue weighted by Gasteiger charge is 2.32. The number of nitrogens with zero attached hydrogens (tertiary/aromatic N) is 4. The molecule has 0 radical (unpaired) electrons. The number of amides is 4. The van der Waals surface area contributed by atoms with Crippen molar-refractivity contribution in [3.63, 3.8) is 0 Å². The second-order valence-electron chi connectivity index (χ2n) is 22.7. The lowest BCUT2D eigenvalue weighted by Crippen LogP contribution is -2.40. The number of alkyl carbamates (subject to hydrolysis) is 1. The molecule has 0 unspecified atom stereocenters. The monoisotopic (exact) mass is 1370 g/mol. The van der Waals surface area contributed by atoms with Gasteiger partial charge < -0.3 is 97.2 Å². The van der Waals surface area contributed by atoms with E-state index in [4.69, 9.17) is 77.2 Å². The average molecular weight is 1370 g/mol. The highest BCUT2D eigenvalue weighted by molar-refractivity contribution is 5.85. The predicted molar refractivity (Wildman–Crippen MR) is 359 cm³/mol. The molecule has 0 spiro atoms. The van der Waals surface area contributed by atoms with Gasteiger partial charge in [-0.25, -0.2) is 9.59 Å². The number of nitrogens with two attached hydrogens (primary N) is 1. The molecule has 3 saturated heterocycles. The van der Waals surface area contributed by atoms with Crippen LogP contribution < -0.4 is 53.7 Å². The number of nitrogens with one attached hydrogen (secondary N) is 1. The van der Waals surface area contributed by atoms with Gasteiger partial charge in [-0.1, -0.05) is 12.1 Å². The van der Waals surface area contributed by atoms with Crippen LogP contribution in [0.15, 0.2) is 72.8 Å². The van der Waals surface area contributed by atoms with Gasteiger partial charge in [0, 0.05) is 94.4 Å². The van der Waals surface area contributed by atoms with Crippen LogP contribution in [0.4, 0.5) is 15.3 Å². The Balaban J connectivity index is 0.000000197. The number of hydrogen-bond donors (Lipinski definition) is 3. The van der Waals surface area contributed by atoms with E-state index in [1.165, 1.54) is 24.3 Å². The smallest absolute Gasteiger partial charge is 0.497 e. The number of ether oxygens (including phenoxy) is 14. The number of aryl methyl sites for hydroxylation is 2. The molecule has 0 saturated carbocycles. The fraction of sp³-hybridized carbons (Fsp3) is 0.500. The standard InChI is InChI=1S/C28H36N2O8.C19H23NO4.C15H18N2O7.C8H15NO3/c1-33-19-8-9-20-21(17-19)22(10-7-18-16-23(34-2)26(35-3)27(36-4)25(18)20)29-28(32)38-13-5-6-24(31)30-11-14-37-15-12-30;1-21-12-6-7-13-14(10-12)15(20)8-5-11-9-16(22-2)18(23-3)19(24-4)17(11)13;18-14(16-7-10-22-11-8-16)2-1-9-23-15(19)24-13-5-3-12(4-6-13)17(20)21;10-5-1-2-8(11)9-3-6-12-7-4-9/h8-9,16-17,22H,5-7,10-15H2,1-4H3,(H,29,32);6-7,9-10,15H,5,8,20H2,1-4H3;3-6H,1-2,7-11H2;10H,1-7H2/t22-;15-;;/m00../s1. The minimum absolute atomic E-state index is 0.00522. The Morgan fingerprint density at radius 3 is 1.38 bits per heavy atom. The van der Waals surface area contributed by atoms with Crippen molar-refractivity contribution in [2.45, 2.75) is 76.3 Å². The van der Waals surface area contributed by atoms with E-state index in [2.05, 4.69) is 5.32 Å². The summed E-state index contributed by atoms with van der Waals surface area (Å²) >= 11 is 0. The Kier molecular flexibility index (Phi) is 30.4. The molecular weight excluding hydrogens is 1280 g/mol. The molecule has 3 heterocycles. The van der Waals surface area contributed by atoms with Crippen LogP contribution >= 0.6 is 0 Å². The van der Waals surface area contributed by atoms with Crippen LogP contribution in [0.25, 0.3) is 22.3 Å². The Hall–Kier alpha value is -9.35. The number of carbonyl (C=O) groups is 5. The molecule has 3 aliphatic heterocycles. The average Bonchev–Trinajstić information content (AvgIpc) is 1.19. The van der Waals surface area contributed by atoms with Crippen LogP contribution in [-0.2, 0) is 50.9 Å². The summed E-state index contributed by atoms with van der Waals surface area (Å²) in [6.07, 6.45) is 3.99. The van der Waals surface area contributed by atoms with Gasteiger partial charge in [-0.2, -0.15) is 0 Å². The lowest BCUT2D eigenvalue weighted by Gasteiger charge is -2.26. The van der Waals surface area contributed by atoms with Crippen molar-refractivity contribution in [3.05, 3.63) is 105 Å². The number of hydrogen-bond acceptors (Lipinski definition) is 23. The van der Waals surface area contributed by atoms with E-state index in [-0.39, 0.29) is 67.5 Å². The molecule has 28 heteroatoms. The van der Waals surface area contributed by atoms with Gasteiger partial charge in [-0.15, -0.1) is 0 Å². The largest absolute Gasteiger partial charge is 0.513 e. The van der Waals surface area contributed by atoms with Crippen molar-refractivity contribution in [3.8, 4) is 74.0 Å². The van der Waals surface area contributed by atoms with Crippen molar-refractivity contribution in [1.29, 1.82) is 0 Å². The molecule has 10 rings (SSSR count). The second kappa shape index (κ2) is 39.2. The molecule has 4 amide bonds. The molecule has 5 aromatic carbocycles. The molecule has 5 aromatic rings. The van der Waals surface area contributed by atoms with Crippen LogP contribution in [0.3, 0.4) is 0 Å². The van der Waals surface area contributed by atoms with E-state index in [0.29, 0.717) is 164 Å². The van der Waals surface area contributed by atoms with Gasteiger partial charge in [0.05, 0.1) is 121 Å². The first-order valence-corrected chi connectivity index (χ1v) is 32.5. The second-order valence-corrected chi connectivity index (χ2v) is 22.7. The van der Waals surface area contributed by atoms with Crippen molar-refractivity contribution in [1.82, 2.24) is 20.0 Å². The Labute approximate surface area is 570 Å². The summed E-state index contributed by atoms with van der Waals surface area (Å²) in [5, 5.41) is 22.0. The number of nitro groups is 1. The third-order valence-corrected chi connectivity index (χ3v) is 16.8. The summed E-state index contributed by atoms with van der Waals surface area (Å²) in [4.78, 5) is 75.0. The maximum atomic E-state index is 12.8. The van der Waals surface area contributed by atoms with Crippen LogP contribution in [0.5, 0.6) is 51.7 Å². The van der Waals surface area contributed by atoms with Crippen LogP contribution in [0.2, 0.25) is 0 Å². The number of methoxy groups -OCH3 is 8. The molecule has 0 aromatic heterocycles. The first kappa shape index (κ1) is 76.0. The number of non-ortho nitro benzene ring substituents is 1. The third-order valence-electron chi connectivity index (χ3n) is 16.8. The normalized spacial score (nSPS) is 15.9. The highest BCUT2D eigenvalue weighted by Crippen LogP contribution is 2.52. The maximum Gasteiger partial charge on any atom is 0.513 e. The maximum absolute atomic E-state index is 12.8. The molecule has 98 heavy (non-hydrogen) atoms. The Morgan fingerprint density at radius 1 is 0.531 bits per heavy atom. The minimum Gasteiger partial charge on any atom is -0.497 e. The molecular formula is C70H92N6O22. The Bertz CT molecular complexity index is 3440. The number of morpholine rings is 3. The summed E-state index contributed by atoms with van der Waals surface area (Å²) < 4.78 is 75.3. The van der Waals surface area contributed by atoms with E-state index in [0.717, 1.165) is 63.1 Å². The van der Waals surface area contributed by atoms with E-state index >= 15 is 0 Å². The first-order chi connectivity index (χ1) is 47.5. The molecule has 2 atom stereocenters. The highest BCUT2D eigenvalue weighted by atomic mass is 16.7. The van der Waals surface area contributed by atoms with Gasteiger partial charge in [-0.05, 0) is 127 Å². The Morgan fingerprint density at radius 2 is 0.949 bits per heavy atom. The zero-order valence-electron chi connectivity index (χ0n) is 57.1. The van der Waals surface area contributed by atoms with Crippen molar-refractivity contribution >= 4 is 35.7 Å². The SMILES string of the molecule is COc1ccc2c(c1)[C@@H](N)CCc1cc(OC)c(OC)c(OC)c1-2.COc1ccc2c(c1)[C@@H](NC(=O)OCCCC(=O)N1CCOCC1)CCc1cc(OC)c(OC)c(OC)c1-2.O=C(CCCO)N1CCOCC1.O=C(OCCCC(=O)N1CCOCC1)Oc1ccc([N+](=O)[O-])cc1. The molecule has 2 aliphatic carbocycles. The van der Waals surface area contributed by atoms with Gasteiger partial charge in [0.15, 0.2) is 23.0 Å². The lowest BCUT2D eigenvalue weighted by molar-refractivity contribution is -0.384. The topological polar surface area (TPSA) is 326 Å². The fourth-order valence-electron chi connectivity index (χ4n) is 11.7. The minimum atomic E-state index is -0.914. The van der Waals surface area contributed by atoms with Gasteiger partial charge >= 0.3 is 12.2 Å². The zero-order chi connectivity index (χ0) is 70.5. The molecule has 3 fully saturated rings. The van der Waals surface area contributed by atoms with Gasteiger partial charge in [0.1, 0.15) is 17.2 Å². The van der Waals surface area contributed by atoms with Gasteiger partial charge in [-0.3, -0.25) is 24.5 Å². The first-order valence-electron chi connectivity index (χ1n) is 32.5. The van der Waals surface area contributed by atoms with E-state index in [9.17, 15) is 34.1 Å². The fourth-order valence-corrected chi connectivity index (χ4v) is 11.7. The van der Waals surface area contributed by atoms with Crippen LogP contribution in [0.1, 0.15) is 85.7 Å².